The van der Waals surface area contributed by atoms with Crippen LogP contribution in [-0.2, 0) is 0 Å². The molecule has 1 N–H and O–H groups in total. The standard InChI is InChI=1S/C14H17N3/c1-11(12-5-3-2-4-6-12)16-14-15-9-10-17(14)13-7-8-13/h2-6,9-11,13H,7-8H2,1H3,(H,15,16). The zero-order chi connectivity index (χ0) is 11.7. The topological polar surface area (TPSA) is 29.9 Å². The number of rotatable bonds is 4. The average Bonchev–Trinajstić information content (AvgIpc) is 3.11. The SMILES string of the molecule is CC(Nc1nccn1C1CC1)c1ccccc1. The van der Waals surface area contributed by atoms with Crippen LogP contribution in [0.3, 0.4) is 0 Å². The van der Waals surface area contributed by atoms with E-state index in [1.165, 1.54) is 18.4 Å². The Balaban J connectivity index is 1.76. The van der Waals surface area contributed by atoms with Gasteiger partial charge in [-0.2, -0.15) is 0 Å². The van der Waals surface area contributed by atoms with Crippen molar-refractivity contribution in [1.29, 1.82) is 0 Å². The Hall–Kier alpha value is -1.77. The van der Waals surface area contributed by atoms with Crippen LogP contribution < -0.4 is 5.32 Å². The summed E-state index contributed by atoms with van der Waals surface area (Å²) < 4.78 is 2.25. The summed E-state index contributed by atoms with van der Waals surface area (Å²) in [6, 6.07) is 11.4. The van der Waals surface area contributed by atoms with Crippen molar-refractivity contribution in [2.45, 2.75) is 31.8 Å². The maximum absolute atomic E-state index is 4.39. The highest BCUT2D eigenvalue weighted by molar-refractivity contribution is 5.33. The van der Waals surface area contributed by atoms with Crippen molar-refractivity contribution in [3.8, 4) is 0 Å². The van der Waals surface area contributed by atoms with Crippen LogP contribution in [0.4, 0.5) is 5.95 Å². The van der Waals surface area contributed by atoms with Gasteiger partial charge in [0.25, 0.3) is 0 Å². The zero-order valence-corrected chi connectivity index (χ0v) is 10.0. The maximum Gasteiger partial charge on any atom is 0.203 e. The fraction of sp³-hybridized carbons (Fsp3) is 0.357. The minimum atomic E-state index is 0.288. The van der Waals surface area contributed by atoms with Gasteiger partial charge in [0, 0.05) is 18.4 Å². The van der Waals surface area contributed by atoms with Gasteiger partial charge < -0.3 is 9.88 Å². The predicted molar refractivity (Wildman–Crippen MR) is 69.0 cm³/mol. The van der Waals surface area contributed by atoms with Gasteiger partial charge in [0.2, 0.25) is 5.95 Å². The van der Waals surface area contributed by atoms with E-state index < -0.39 is 0 Å². The van der Waals surface area contributed by atoms with E-state index in [-0.39, 0.29) is 6.04 Å². The Morgan fingerprint density at radius 1 is 1.29 bits per heavy atom. The first-order valence-corrected chi connectivity index (χ1v) is 6.19. The molecule has 3 rings (SSSR count). The molecule has 1 aliphatic rings. The first kappa shape index (κ1) is 10.4. The van der Waals surface area contributed by atoms with Crippen molar-refractivity contribution in [1.82, 2.24) is 9.55 Å². The Labute approximate surface area is 101 Å². The van der Waals surface area contributed by atoms with Gasteiger partial charge in [-0.3, -0.25) is 0 Å². The van der Waals surface area contributed by atoms with Crippen LogP contribution >= 0.6 is 0 Å². The number of benzene rings is 1. The number of nitrogens with zero attached hydrogens (tertiary/aromatic N) is 2. The van der Waals surface area contributed by atoms with Crippen molar-refractivity contribution in [2.24, 2.45) is 0 Å². The van der Waals surface area contributed by atoms with Gasteiger partial charge in [0.15, 0.2) is 0 Å². The number of anilines is 1. The highest BCUT2D eigenvalue weighted by Crippen LogP contribution is 2.37. The molecular weight excluding hydrogens is 210 g/mol. The van der Waals surface area contributed by atoms with E-state index in [4.69, 9.17) is 0 Å². The molecule has 0 radical (unpaired) electrons. The van der Waals surface area contributed by atoms with E-state index in [1.54, 1.807) is 0 Å². The number of aromatic nitrogens is 2. The lowest BCUT2D eigenvalue weighted by atomic mass is 10.1. The Morgan fingerprint density at radius 3 is 2.76 bits per heavy atom. The summed E-state index contributed by atoms with van der Waals surface area (Å²) in [5, 5.41) is 3.48. The third kappa shape index (κ3) is 2.18. The summed E-state index contributed by atoms with van der Waals surface area (Å²) in [6.07, 6.45) is 6.51. The molecule has 2 aromatic rings. The van der Waals surface area contributed by atoms with Crippen molar-refractivity contribution >= 4 is 5.95 Å². The first-order valence-electron chi connectivity index (χ1n) is 6.19. The highest BCUT2D eigenvalue weighted by Gasteiger charge is 2.25. The number of imidazole rings is 1. The molecule has 0 saturated heterocycles. The monoisotopic (exact) mass is 227 g/mol. The minimum absolute atomic E-state index is 0.288. The molecule has 1 aliphatic carbocycles. The summed E-state index contributed by atoms with van der Waals surface area (Å²) in [6.45, 7) is 2.17. The Morgan fingerprint density at radius 2 is 2.06 bits per heavy atom. The average molecular weight is 227 g/mol. The normalized spacial score (nSPS) is 16.8. The largest absolute Gasteiger partial charge is 0.349 e. The van der Waals surface area contributed by atoms with E-state index in [2.05, 4.69) is 52.3 Å². The summed E-state index contributed by atoms with van der Waals surface area (Å²) in [5.41, 5.74) is 1.29. The molecule has 1 unspecified atom stereocenters. The van der Waals surface area contributed by atoms with Crippen LogP contribution in [0.5, 0.6) is 0 Å². The number of nitrogens with one attached hydrogen (secondary N) is 1. The molecule has 1 atom stereocenters. The predicted octanol–water partition coefficient (Wildman–Crippen LogP) is 3.39. The van der Waals surface area contributed by atoms with Gasteiger partial charge in [-0.25, -0.2) is 4.98 Å². The molecule has 1 fully saturated rings. The molecule has 1 aromatic heterocycles. The molecular formula is C14H17N3. The third-order valence-electron chi connectivity index (χ3n) is 3.25. The fourth-order valence-electron chi connectivity index (χ4n) is 2.09. The van der Waals surface area contributed by atoms with Crippen LogP contribution in [0.1, 0.15) is 37.4 Å². The molecule has 3 nitrogen and oxygen atoms in total. The van der Waals surface area contributed by atoms with Gasteiger partial charge in [-0.15, -0.1) is 0 Å². The molecule has 88 valence electrons. The van der Waals surface area contributed by atoms with Crippen molar-refractivity contribution in [2.75, 3.05) is 5.32 Å². The smallest absolute Gasteiger partial charge is 0.203 e. The minimum Gasteiger partial charge on any atom is -0.349 e. The molecule has 3 heteroatoms. The van der Waals surface area contributed by atoms with Gasteiger partial charge in [-0.05, 0) is 25.3 Å². The fourth-order valence-corrected chi connectivity index (χ4v) is 2.09. The van der Waals surface area contributed by atoms with Gasteiger partial charge in [0.1, 0.15) is 0 Å². The molecule has 1 aromatic carbocycles. The third-order valence-corrected chi connectivity index (χ3v) is 3.25. The molecule has 0 amide bonds. The quantitative estimate of drug-likeness (QED) is 0.867. The molecule has 0 bridgehead atoms. The molecule has 1 heterocycles. The van der Waals surface area contributed by atoms with E-state index in [0.29, 0.717) is 6.04 Å². The van der Waals surface area contributed by atoms with E-state index in [9.17, 15) is 0 Å². The summed E-state index contributed by atoms with van der Waals surface area (Å²) >= 11 is 0. The zero-order valence-electron chi connectivity index (χ0n) is 10.0. The molecule has 1 saturated carbocycles. The second kappa shape index (κ2) is 4.24. The van der Waals surface area contributed by atoms with Crippen molar-refractivity contribution in [3.63, 3.8) is 0 Å². The maximum atomic E-state index is 4.39. The number of hydrogen-bond acceptors (Lipinski definition) is 2. The van der Waals surface area contributed by atoms with Crippen LogP contribution in [-0.4, -0.2) is 9.55 Å². The van der Waals surface area contributed by atoms with Gasteiger partial charge in [-0.1, -0.05) is 30.3 Å². The summed E-state index contributed by atoms with van der Waals surface area (Å²) in [4.78, 5) is 4.39. The highest BCUT2D eigenvalue weighted by atomic mass is 15.2. The van der Waals surface area contributed by atoms with Crippen LogP contribution in [0.25, 0.3) is 0 Å². The molecule has 17 heavy (non-hydrogen) atoms. The van der Waals surface area contributed by atoms with Crippen LogP contribution in [0.15, 0.2) is 42.7 Å². The summed E-state index contributed by atoms with van der Waals surface area (Å²) in [5.74, 6) is 0.990. The van der Waals surface area contributed by atoms with E-state index >= 15 is 0 Å². The Kier molecular flexibility index (Phi) is 2.59. The van der Waals surface area contributed by atoms with E-state index in [0.717, 1.165) is 5.95 Å². The lowest BCUT2D eigenvalue weighted by Crippen LogP contribution is -2.11. The summed E-state index contributed by atoms with van der Waals surface area (Å²) in [7, 11) is 0. The lowest BCUT2D eigenvalue weighted by Gasteiger charge is -2.16. The lowest BCUT2D eigenvalue weighted by molar-refractivity contribution is 0.727. The van der Waals surface area contributed by atoms with Crippen molar-refractivity contribution in [3.05, 3.63) is 48.3 Å². The second-order valence-electron chi connectivity index (χ2n) is 4.67. The molecule has 0 spiro atoms. The van der Waals surface area contributed by atoms with Gasteiger partial charge in [0.05, 0.1) is 6.04 Å². The van der Waals surface area contributed by atoms with Crippen LogP contribution in [0, 0.1) is 0 Å². The van der Waals surface area contributed by atoms with Crippen LogP contribution in [0.2, 0.25) is 0 Å². The first-order chi connectivity index (χ1) is 8.34. The second-order valence-corrected chi connectivity index (χ2v) is 4.67. The van der Waals surface area contributed by atoms with Gasteiger partial charge >= 0.3 is 0 Å². The van der Waals surface area contributed by atoms with E-state index in [1.807, 2.05) is 12.3 Å². The van der Waals surface area contributed by atoms with Crippen molar-refractivity contribution < 1.29 is 0 Å². The Bertz CT molecular complexity index is 485. The molecule has 0 aliphatic heterocycles. The number of hydrogen-bond donors (Lipinski definition) is 1.